The van der Waals surface area contributed by atoms with Crippen molar-refractivity contribution in [2.24, 2.45) is 0 Å². The van der Waals surface area contributed by atoms with Gasteiger partial charge in [-0.05, 0) is 57.4 Å². The van der Waals surface area contributed by atoms with Crippen molar-refractivity contribution in [3.05, 3.63) is 0 Å². The molecule has 2 atom stereocenters. The van der Waals surface area contributed by atoms with Crippen LogP contribution in [-0.2, 0) is 0 Å². The third-order valence-corrected chi connectivity index (χ3v) is 6.95. The molecule has 2 aliphatic carbocycles. The molecule has 1 heterocycles. The minimum atomic E-state index is 0.477. The molecule has 0 amide bonds. The van der Waals surface area contributed by atoms with Crippen LogP contribution in [0, 0.1) is 0 Å². The zero-order valence-corrected chi connectivity index (χ0v) is 14.0. The molecular formula is C17H32N2S. The summed E-state index contributed by atoms with van der Waals surface area (Å²) in [6.07, 6.45) is 12.9. The van der Waals surface area contributed by atoms with Crippen molar-refractivity contribution >= 4 is 11.8 Å². The predicted octanol–water partition coefficient (Wildman–Crippen LogP) is 3.66. The van der Waals surface area contributed by atoms with Gasteiger partial charge in [-0.1, -0.05) is 26.2 Å². The average Bonchev–Trinajstić information content (AvgIpc) is 2.83. The Labute approximate surface area is 129 Å². The maximum atomic E-state index is 3.94. The van der Waals surface area contributed by atoms with Gasteiger partial charge in [0.1, 0.15) is 0 Å². The molecule has 1 spiro atoms. The second-order valence-electron chi connectivity index (χ2n) is 7.14. The third kappa shape index (κ3) is 3.53. The monoisotopic (exact) mass is 296 g/mol. The molecule has 0 aromatic heterocycles. The fourth-order valence-electron chi connectivity index (χ4n) is 4.67. The van der Waals surface area contributed by atoms with E-state index in [1.807, 2.05) is 0 Å². The van der Waals surface area contributed by atoms with Gasteiger partial charge in [-0.3, -0.25) is 4.90 Å². The minimum absolute atomic E-state index is 0.477. The quantitative estimate of drug-likeness (QED) is 0.855. The molecule has 116 valence electrons. The minimum Gasteiger partial charge on any atom is -0.310 e. The van der Waals surface area contributed by atoms with E-state index in [2.05, 4.69) is 28.9 Å². The lowest BCUT2D eigenvalue weighted by molar-refractivity contribution is 0.129. The van der Waals surface area contributed by atoms with E-state index in [1.54, 1.807) is 0 Å². The first-order valence-electron chi connectivity index (χ1n) is 8.92. The Balaban J connectivity index is 1.60. The molecule has 1 N–H and O–H groups in total. The molecular weight excluding hydrogens is 264 g/mol. The van der Waals surface area contributed by atoms with Gasteiger partial charge in [0.15, 0.2) is 0 Å². The molecule has 20 heavy (non-hydrogen) atoms. The van der Waals surface area contributed by atoms with Crippen molar-refractivity contribution in [1.29, 1.82) is 0 Å². The van der Waals surface area contributed by atoms with Crippen molar-refractivity contribution in [1.82, 2.24) is 10.2 Å². The van der Waals surface area contributed by atoms with Gasteiger partial charge in [0, 0.05) is 23.4 Å². The summed E-state index contributed by atoms with van der Waals surface area (Å²) in [5, 5.41) is 4.89. The molecule has 2 nitrogen and oxygen atoms in total. The first-order chi connectivity index (χ1) is 9.81. The van der Waals surface area contributed by atoms with Gasteiger partial charge in [0.25, 0.3) is 0 Å². The Kier molecular flexibility index (Phi) is 5.33. The van der Waals surface area contributed by atoms with Gasteiger partial charge in [0.05, 0.1) is 0 Å². The van der Waals surface area contributed by atoms with Gasteiger partial charge in [-0.15, -0.1) is 0 Å². The Morgan fingerprint density at radius 1 is 1.15 bits per heavy atom. The average molecular weight is 297 g/mol. The van der Waals surface area contributed by atoms with Crippen LogP contribution in [-0.4, -0.2) is 47.1 Å². The van der Waals surface area contributed by atoms with E-state index in [1.165, 1.54) is 83.2 Å². The number of nitrogens with zero attached hydrogens (tertiary/aromatic N) is 1. The van der Waals surface area contributed by atoms with E-state index in [9.17, 15) is 0 Å². The van der Waals surface area contributed by atoms with E-state index >= 15 is 0 Å². The molecule has 2 saturated carbocycles. The lowest BCUT2D eigenvalue weighted by Gasteiger charge is -2.41. The summed E-state index contributed by atoms with van der Waals surface area (Å²) in [5.74, 6) is 1.29. The standard InChI is InChI=1S/C17H32N2S/c1-2-20-16-8-7-15(13-16)19-12-6-11-18-17(14-19)9-4-3-5-10-17/h15-16,18H,2-14H2,1H3. The second kappa shape index (κ2) is 7.02. The van der Waals surface area contributed by atoms with Crippen LogP contribution in [0.4, 0.5) is 0 Å². The van der Waals surface area contributed by atoms with E-state index < -0.39 is 0 Å². The fraction of sp³-hybridized carbons (Fsp3) is 1.00. The maximum absolute atomic E-state index is 3.94. The van der Waals surface area contributed by atoms with Gasteiger partial charge in [-0.2, -0.15) is 11.8 Å². The summed E-state index contributed by atoms with van der Waals surface area (Å²) in [4.78, 5) is 2.88. The highest BCUT2D eigenvalue weighted by atomic mass is 32.2. The van der Waals surface area contributed by atoms with Gasteiger partial charge in [0.2, 0.25) is 0 Å². The summed E-state index contributed by atoms with van der Waals surface area (Å²) in [5.41, 5.74) is 0.477. The summed E-state index contributed by atoms with van der Waals surface area (Å²) in [6, 6.07) is 0.887. The van der Waals surface area contributed by atoms with Gasteiger partial charge < -0.3 is 5.32 Å². The van der Waals surface area contributed by atoms with Gasteiger partial charge in [-0.25, -0.2) is 0 Å². The highest BCUT2D eigenvalue weighted by Crippen LogP contribution is 2.36. The summed E-state index contributed by atoms with van der Waals surface area (Å²) >= 11 is 2.20. The largest absolute Gasteiger partial charge is 0.310 e. The van der Waals surface area contributed by atoms with Crippen molar-refractivity contribution < 1.29 is 0 Å². The van der Waals surface area contributed by atoms with Crippen LogP contribution in [0.15, 0.2) is 0 Å². The molecule has 1 saturated heterocycles. The summed E-state index contributed by atoms with van der Waals surface area (Å²) in [7, 11) is 0. The zero-order chi connectivity index (χ0) is 13.8. The number of hydrogen-bond donors (Lipinski definition) is 1. The van der Waals surface area contributed by atoms with Crippen LogP contribution >= 0.6 is 11.8 Å². The molecule has 3 rings (SSSR count). The van der Waals surface area contributed by atoms with Crippen LogP contribution in [0.5, 0.6) is 0 Å². The zero-order valence-electron chi connectivity index (χ0n) is 13.2. The Morgan fingerprint density at radius 2 is 2.00 bits per heavy atom. The molecule has 2 unspecified atom stereocenters. The number of hydrogen-bond acceptors (Lipinski definition) is 3. The topological polar surface area (TPSA) is 15.3 Å². The number of rotatable bonds is 3. The van der Waals surface area contributed by atoms with E-state index in [0.29, 0.717) is 5.54 Å². The lowest BCUT2D eigenvalue weighted by Crippen LogP contribution is -2.54. The normalized spacial score (nSPS) is 35.2. The molecule has 3 heteroatoms. The van der Waals surface area contributed by atoms with E-state index in [-0.39, 0.29) is 0 Å². The molecule has 3 fully saturated rings. The fourth-order valence-corrected chi connectivity index (χ4v) is 5.80. The lowest BCUT2D eigenvalue weighted by atomic mass is 9.81. The molecule has 0 bridgehead atoms. The van der Waals surface area contributed by atoms with Gasteiger partial charge >= 0.3 is 0 Å². The van der Waals surface area contributed by atoms with Crippen molar-refractivity contribution in [2.45, 2.75) is 81.5 Å². The number of thioether (sulfide) groups is 1. The summed E-state index contributed by atoms with van der Waals surface area (Å²) in [6.45, 7) is 6.23. The molecule has 0 aromatic rings. The first-order valence-corrected chi connectivity index (χ1v) is 9.97. The SMILES string of the molecule is CCSC1CCC(N2CCCNC3(CCCCC3)C2)C1. The van der Waals surface area contributed by atoms with Crippen molar-refractivity contribution in [2.75, 3.05) is 25.4 Å². The summed E-state index contributed by atoms with van der Waals surface area (Å²) < 4.78 is 0. The van der Waals surface area contributed by atoms with Crippen LogP contribution < -0.4 is 5.32 Å². The predicted molar refractivity (Wildman–Crippen MR) is 89.6 cm³/mol. The Hall–Kier alpha value is 0.270. The van der Waals surface area contributed by atoms with Crippen LogP contribution in [0.3, 0.4) is 0 Å². The van der Waals surface area contributed by atoms with Crippen LogP contribution in [0.2, 0.25) is 0 Å². The van der Waals surface area contributed by atoms with Crippen molar-refractivity contribution in [3.63, 3.8) is 0 Å². The molecule has 0 radical (unpaired) electrons. The molecule has 1 aliphatic heterocycles. The third-order valence-electron chi connectivity index (χ3n) is 5.71. The van der Waals surface area contributed by atoms with Crippen LogP contribution in [0.25, 0.3) is 0 Å². The first kappa shape index (κ1) is 15.2. The highest BCUT2D eigenvalue weighted by Gasteiger charge is 2.38. The number of nitrogens with one attached hydrogen (secondary N) is 1. The maximum Gasteiger partial charge on any atom is 0.0308 e. The van der Waals surface area contributed by atoms with Crippen LogP contribution in [0.1, 0.15) is 64.7 Å². The molecule has 3 aliphatic rings. The highest BCUT2D eigenvalue weighted by molar-refractivity contribution is 7.99. The van der Waals surface area contributed by atoms with E-state index in [4.69, 9.17) is 0 Å². The van der Waals surface area contributed by atoms with Crippen molar-refractivity contribution in [3.8, 4) is 0 Å². The Morgan fingerprint density at radius 3 is 2.80 bits per heavy atom. The Bertz CT molecular complexity index is 301. The molecule has 0 aromatic carbocycles. The second-order valence-corrected chi connectivity index (χ2v) is 8.71. The smallest absolute Gasteiger partial charge is 0.0308 e. The van der Waals surface area contributed by atoms with E-state index in [0.717, 1.165) is 11.3 Å².